The first-order valence-electron chi connectivity index (χ1n) is 13.3. The molecule has 2 aromatic rings. The van der Waals surface area contributed by atoms with Crippen molar-refractivity contribution in [3.8, 4) is 0 Å². The molecule has 0 unspecified atom stereocenters. The van der Waals surface area contributed by atoms with E-state index in [2.05, 4.69) is 142 Å². The van der Waals surface area contributed by atoms with Crippen LogP contribution in [-0.4, -0.2) is 41.4 Å². The Kier molecular flexibility index (Phi) is 11.9. The molecule has 0 fully saturated rings. The molecular formula is C32H38Br2ClN2+. The lowest BCUT2D eigenvalue weighted by atomic mass is 9.93. The van der Waals surface area contributed by atoms with Crippen LogP contribution in [0, 0.1) is 0 Å². The monoisotopic (exact) mass is 643 g/mol. The topological polar surface area (TPSA) is 6.25 Å². The molecule has 0 bridgehead atoms. The Morgan fingerprint density at radius 2 is 1.43 bits per heavy atom. The third kappa shape index (κ3) is 8.05. The second-order valence-electron chi connectivity index (χ2n) is 9.01. The molecule has 1 aliphatic rings. The minimum atomic E-state index is 0.892. The van der Waals surface area contributed by atoms with E-state index < -0.39 is 0 Å². The molecule has 0 radical (unpaired) electrons. The van der Waals surface area contributed by atoms with Gasteiger partial charge in [-0.25, -0.2) is 4.58 Å². The molecular weight excluding hydrogens is 608 g/mol. The van der Waals surface area contributed by atoms with Crippen molar-refractivity contribution in [3.05, 3.63) is 109 Å². The van der Waals surface area contributed by atoms with Gasteiger partial charge in [-0.05, 0) is 106 Å². The summed E-state index contributed by atoms with van der Waals surface area (Å²) in [4.78, 5) is 2.39. The fourth-order valence-corrected chi connectivity index (χ4v) is 5.55. The largest absolute Gasteiger partial charge is 0.372 e. The molecule has 196 valence electrons. The maximum Gasteiger partial charge on any atom is 0.207 e. The molecule has 0 atom stereocenters. The SMILES string of the molecule is CCN(CC)/C(=C/C=C1\CCCC(/C=C/C(c2ccc(Br)cc2)=[N+](CC)CC)=C1Cl)c1ccc(Br)cc1. The molecule has 0 heterocycles. The van der Waals surface area contributed by atoms with Gasteiger partial charge in [-0.2, -0.15) is 0 Å². The van der Waals surface area contributed by atoms with Crippen LogP contribution < -0.4 is 0 Å². The fraction of sp³-hybridized carbons (Fsp3) is 0.344. The van der Waals surface area contributed by atoms with Crippen molar-refractivity contribution < 1.29 is 4.58 Å². The maximum atomic E-state index is 7.03. The average Bonchev–Trinajstić information content (AvgIpc) is 2.91. The summed E-state index contributed by atoms with van der Waals surface area (Å²) in [5, 5.41) is 0.892. The van der Waals surface area contributed by atoms with Crippen molar-refractivity contribution >= 4 is 54.9 Å². The normalized spacial score (nSPS) is 15.5. The van der Waals surface area contributed by atoms with Crippen LogP contribution in [0.4, 0.5) is 0 Å². The van der Waals surface area contributed by atoms with E-state index in [-0.39, 0.29) is 0 Å². The summed E-state index contributed by atoms with van der Waals surface area (Å²) in [7, 11) is 0. The van der Waals surface area contributed by atoms with Gasteiger partial charge < -0.3 is 4.90 Å². The standard InChI is InChI=1S/C32H38Br2ClN2/c1-5-36(6-2)30(24-12-18-28(33)19-13-24)22-16-26-10-9-11-27(32(26)35)17-23-31(37(7-3)8-4)25-14-20-29(34)21-15-25/h12-23H,5-11H2,1-4H3/q+1. The van der Waals surface area contributed by atoms with Crippen molar-refractivity contribution in [1.82, 2.24) is 4.90 Å². The Bertz CT molecular complexity index is 1190. The van der Waals surface area contributed by atoms with Gasteiger partial charge in [-0.15, -0.1) is 0 Å². The molecule has 0 aromatic heterocycles. The molecule has 5 heteroatoms. The predicted molar refractivity (Wildman–Crippen MR) is 169 cm³/mol. The molecule has 0 spiro atoms. The Balaban J connectivity index is 1.99. The van der Waals surface area contributed by atoms with Gasteiger partial charge in [-0.3, -0.25) is 0 Å². The quantitative estimate of drug-likeness (QED) is 0.184. The lowest BCUT2D eigenvalue weighted by Crippen LogP contribution is -2.21. The number of hydrogen-bond donors (Lipinski definition) is 0. The van der Waals surface area contributed by atoms with Crippen LogP contribution in [0.15, 0.2) is 98.0 Å². The first-order valence-corrected chi connectivity index (χ1v) is 15.2. The minimum absolute atomic E-state index is 0.892. The predicted octanol–water partition coefficient (Wildman–Crippen LogP) is 9.60. The van der Waals surface area contributed by atoms with E-state index in [1.165, 1.54) is 33.7 Å². The molecule has 0 N–H and O–H groups in total. The third-order valence-electron chi connectivity index (χ3n) is 6.83. The Labute approximate surface area is 245 Å². The maximum absolute atomic E-state index is 7.03. The number of benzene rings is 2. The summed E-state index contributed by atoms with van der Waals surface area (Å²) < 4.78 is 4.57. The van der Waals surface area contributed by atoms with Crippen LogP contribution in [0.3, 0.4) is 0 Å². The molecule has 0 saturated carbocycles. The Morgan fingerprint density at radius 3 is 1.97 bits per heavy atom. The second-order valence-corrected chi connectivity index (χ2v) is 11.2. The van der Waals surface area contributed by atoms with Gasteiger partial charge in [0.05, 0.1) is 0 Å². The van der Waals surface area contributed by atoms with Crippen LogP contribution in [-0.2, 0) is 0 Å². The van der Waals surface area contributed by atoms with Gasteiger partial charge in [-0.1, -0.05) is 67.7 Å². The highest BCUT2D eigenvalue weighted by atomic mass is 79.9. The van der Waals surface area contributed by atoms with Crippen LogP contribution in [0.5, 0.6) is 0 Å². The fourth-order valence-electron chi connectivity index (χ4n) is 4.71. The number of rotatable bonds is 10. The zero-order valence-corrected chi connectivity index (χ0v) is 26.3. The number of nitrogens with zero attached hydrogens (tertiary/aromatic N) is 2. The van der Waals surface area contributed by atoms with E-state index in [9.17, 15) is 0 Å². The van der Waals surface area contributed by atoms with Gasteiger partial charge in [0.15, 0.2) is 0 Å². The first-order chi connectivity index (χ1) is 17.9. The van der Waals surface area contributed by atoms with E-state index >= 15 is 0 Å². The molecule has 1 aliphatic carbocycles. The molecule has 3 rings (SSSR count). The molecule has 2 nitrogen and oxygen atoms in total. The number of halogens is 3. The van der Waals surface area contributed by atoms with Crippen LogP contribution in [0.1, 0.15) is 58.1 Å². The highest BCUT2D eigenvalue weighted by Crippen LogP contribution is 2.34. The second kappa shape index (κ2) is 14.9. The van der Waals surface area contributed by atoms with Gasteiger partial charge in [0.2, 0.25) is 5.71 Å². The number of allylic oxidation sites excluding steroid dienone is 7. The summed E-state index contributed by atoms with van der Waals surface area (Å²) in [6.07, 6.45) is 12.1. The summed E-state index contributed by atoms with van der Waals surface area (Å²) in [6, 6.07) is 17.1. The third-order valence-corrected chi connectivity index (χ3v) is 8.37. The van der Waals surface area contributed by atoms with E-state index in [1.54, 1.807) is 0 Å². The van der Waals surface area contributed by atoms with Crippen LogP contribution in [0.2, 0.25) is 0 Å². The van der Waals surface area contributed by atoms with Crippen LogP contribution >= 0.6 is 43.5 Å². The minimum Gasteiger partial charge on any atom is -0.372 e. The Hall–Kier alpha value is -1.88. The molecule has 2 aromatic carbocycles. The lowest BCUT2D eigenvalue weighted by Gasteiger charge is -2.25. The first kappa shape index (κ1) is 29.7. The zero-order valence-electron chi connectivity index (χ0n) is 22.4. The molecule has 37 heavy (non-hydrogen) atoms. The van der Waals surface area contributed by atoms with E-state index in [0.29, 0.717) is 0 Å². The summed E-state index contributed by atoms with van der Waals surface area (Å²) in [6.45, 7) is 12.6. The van der Waals surface area contributed by atoms with Gasteiger partial charge in [0, 0.05) is 44.4 Å². The van der Waals surface area contributed by atoms with Crippen molar-refractivity contribution in [2.45, 2.75) is 47.0 Å². The van der Waals surface area contributed by atoms with Crippen molar-refractivity contribution in [2.24, 2.45) is 0 Å². The smallest absolute Gasteiger partial charge is 0.207 e. The Morgan fingerprint density at radius 1 is 0.865 bits per heavy atom. The number of hydrogen-bond acceptors (Lipinski definition) is 1. The zero-order chi connectivity index (χ0) is 26.8. The van der Waals surface area contributed by atoms with Crippen molar-refractivity contribution in [2.75, 3.05) is 26.2 Å². The summed E-state index contributed by atoms with van der Waals surface area (Å²) >= 11 is 14.1. The van der Waals surface area contributed by atoms with Crippen molar-refractivity contribution in [1.29, 1.82) is 0 Å². The molecule has 0 amide bonds. The molecule has 0 aliphatic heterocycles. The van der Waals surface area contributed by atoms with E-state index in [4.69, 9.17) is 11.6 Å². The lowest BCUT2D eigenvalue weighted by molar-refractivity contribution is -0.519. The van der Waals surface area contributed by atoms with Gasteiger partial charge in [0.25, 0.3) is 0 Å². The van der Waals surface area contributed by atoms with E-state index in [0.717, 1.165) is 59.4 Å². The summed E-state index contributed by atoms with van der Waals surface area (Å²) in [5.41, 5.74) is 7.30. The molecule has 0 saturated heterocycles. The highest BCUT2D eigenvalue weighted by molar-refractivity contribution is 9.10. The van der Waals surface area contributed by atoms with E-state index in [1.807, 2.05) is 0 Å². The van der Waals surface area contributed by atoms with Crippen LogP contribution in [0.25, 0.3) is 5.70 Å². The average molecular weight is 646 g/mol. The van der Waals surface area contributed by atoms with Gasteiger partial charge >= 0.3 is 0 Å². The summed E-state index contributed by atoms with van der Waals surface area (Å²) in [5.74, 6) is 0. The van der Waals surface area contributed by atoms with Crippen molar-refractivity contribution in [3.63, 3.8) is 0 Å². The highest BCUT2D eigenvalue weighted by Gasteiger charge is 2.17. The van der Waals surface area contributed by atoms with Gasteiger partial charge in [0.1, 0.15) is 13.1 Å².